The van der Waals surface area contributed by atoms with Crippen LogP contribution in [0.2, 0.25) is 5.15 Å². The van der Waals surface area contributed by atoms with Gasteiger partial charge < -0.3 is 9.47 Å². The molecule has 1 saturated heterocycles. The second-order valence-corrected chi connectivity index (χ2v) is 8.81. The van der Waals surface area contributed by atoms with E-state index in [-0.39, 0.29) is 27.7 Å². The number of carbonyl (C=O) groups excluding carboxylic acids is 1. The van der Waals surface area contributed by atoms with Gasteiger partial charge in [0.25, 0.3) is 15.9 Å². The molecule has 0 atom stereocenters. The minimum atomic E-state index is -4.14. The lowest BCUT2D eigenvalue weighted by molar-refractivity contribution is -0.115. The molecule has 9 nitrogen and oxygen atoms in total. The minimum Gasteiger partial charge on any atom is -0.454 e. The van der Waals surface area contributed by atoms with E-state index >= 15 is 0 Å². The fourth-order valence-corrected chi connectivity index (χ4v) is 5.40. The van der Waals surface area contributed by atoms with Crippen LogP contribution in [0.1, 0.15) is 11.3 Å². The van der Waals surface area contributed by atoms with Crippen LogP contribution < -0.4 is 14.8 Å². The van der Waals surface area contributed by atoms with Crippen molar-refractivity contribution in [3.05, 3.63) is 39.5 Å². The average Bonchev–Trinajstić information content (AvgIpc) is 3.26. The first-order valence-corrected chi connectivity index (χ1v) is 10.5. The maximum Gasteiger partial charge on any atom is 0.289 e. The maximum absolute atomic E-state index is 12.6. The van der Waals surface area contributed by atoms with Gasteiger partial charge in [-0.2, -0.15) is 13.5 Å². The van der Waals surface area contributed by atoms with Gasteiger partial charge in [-0.15, -0.1) is 4.40 Å². The van der Waals surface area contributed by atoms with Crippen LogP contribution in [0.15, 0.2) is 32.4 Å². The van der Waals surface area contributed by atoms with Crippen molar-refractivity contribution < 1.29 is 22.7 Å². The molecule has 28 heavy (non-hydrogen) atoms. The van der Waals surface area contributed by atoms with Crippen molar-refractivity contribution in [2.75, 3.05) is 6.79 Å². The fourth-order valence-electron chi connectivity index (χ4n) is 2.68. The largest absolute Gasteiger partial charge is 0.454 e. The van der Waals surface area contributed by atoms with E-state index in [1.165, 1.54) is 18.7 Å². The molecule has 4 rings (SSSR count). The van der Waals surface area contributed by atoms with Crippen molar-refractivity contribution in [3.8, 4) is 11.5 Å². The van der Waals surface area contributed by atoms with Crippen LogP contribution in [0, 0.1) is 6.92 Å². The first kappa shape index (κ1) is 18.8. The predicted octanol–water partition coefficient (Wildman–Crippen LogP) is 2.06. The molecule has 2 aromatic rings. The van der Waals surface area contributed by atoms with Crippen molar-refractivity contribution in [2.45, 2.75) is 11.8 Å². The number of ether oxygens (including phenoxy) is 2. The third-order valence-electron chi connectivity index (χ3n) is 3.91. The fraction of sp³-hybridized carbons (Fsp3) is 0.188. The van der Waals surface area contributed by atoms with Crippen LogP contribution in [0.4, 0.5) is 0 Å². The highest BCUT2D eigenvalue weighted by Gasteiger charge is 2.30. The maximum atomic E-state index is 12.6. The Bertz CT molecular complexity index is 1170. The Hall–Kier alpha value is -2.50. The number of halogens is 1. The number of aryl methyl sites for hydroxylation is 2. The highest BCUT2D eigenvalue weighted by Crippen LogP contribution is 2.35. The Morgan fingerprint density at radius 3 is 2.82 bits per heavy atom. The molecular weight excluding hydrogens is 428 g/mol. The van der Waals surface area contributed by atoms with Crippen molar-refractivity contribution in [3.63, 3.8) is 0 Å². The molecule has 3 heterocycles. The van der Waals surface area contributed by atoms with Crippen LogP contribution >= 0.6 is 23.4 Å². The molecule has 2 aliphatic heterocycles. The number of nitrogens with one attached hydrogen (secondary N) is 1. The Morgan fingerprint density at radius 1 is 1.36 bits per heavy atom. The molecule has 0 radical (unpaired) electrons. The molecule has 0 unspecified atom stereocenters. The van der Waals surface area contributed by atoms with Gasteiger partial charge in [0, 0.05) is 7.05 Å². The highest BCUT2D eigenvalue weighted by molar-refractivity contribution is 8.19. The molecule has 0 bridgehead atoms. The number of nitrogens with zero attached hydrogens (tertiary/aromatic N) is 3. The van der Waals surface area contributed by atoms with E-state index in [2.05, 4.69) is 14.8 Å². The standard InChI is InChI=1S/C16H13ClN4O5S2/c1-8-13(14(17)21(2)19-8)28(23,24)20-16-18-15(22)12(27-16)6-9-3-4-10-11(5-9)26-7-25-10/h3-6H,7H2,1-2H3,(H,18,20,22)/b12-6-. The lowest BCUT2D eigenvalue weighted by Gasteiger charge is -1.99. The zero-order chi connectivity index (χ0) is 20.1. The van der Waals surface area contributed by atoms with Crippen LogP contribution in [0.3, 0.4) is 0 Å². The zero-order valence-electron chi connectivity index (χ0n) is 14.6. The molecule has 146 valence electrons. The van der Waals surface area contributed by atoms with E-state index in [0.717, 1.165) is 11.8 Å². The first-order chi connectivity index (χ1) is 13.2. The molecule has 1 aromatic heterocycles. The summed E-state index contributed by atoms with van der Waals surface area (Å²) in [5, 5.41) is 6.32. The normalized spacial score (nSPS) is 18.9. The third-order valence-corrected chi connectivity index (χ3v) is 6.91. The summed E-state index contributed by atoms with van der Waals surface area (Å²) in [6, 6.07) is 5.23. The van der Waals surface area contributed by atoms with Gasteiger partial charge in [0.2, 0.25) is 6.79 Å². The Balaban J connectivity index is 1.62. The summed E-state index contributed by atoms with van der Waals surface area (Å²) in [6.45, 7) is 1.67. The number of benzene rings is 1. The molecule has 1 aromatic carbocycles. The van der Waals surface area contributed by atoms with Crippen molar-refractivity contribution in [2.24, 2.45) is 11.4 Å². The van der Waals surface area contributed by atoms with E-state index < -0.39 is 15.9 Å². The SMILES string of the molecule is Cc1nn(C)c(Cl)c1S(=O)(=O)/N=C1\NC(=O)/C(=C/c2ccc3c(c2)OCO3)S1. The van der Waals surface area contributed by atoms with Crippen LogP contribution in [-0.4, -0.2) is 36.1 Å². The molecule has 2 aliphatic rings. The smallest absolute Gasteiger partial charge is 0.289 e. The van der Waals surface area contributed by atoms with Crippen LogP contribution in [-0.2, 0) is 21.9 Å². The number of carbonyl (C=O) groups is 1. The number of hydrogen-bond donors (Lipinski definition) is 1. The van der Waals surface area contributed by atoms with Gasteiger partial charge >= 0.3 is 0 Å². The number of aromatic nitrogens is 2. The summed E-state index contributed by atoms with van der Waals surface area (Å²) < 4.78 is 40.7. The minimum absolute atomic E-state index is 0.0488. The molecule has 0 saturated carbocycles. The van der Waals surface area contributed by atoms with Gasteiger partial charge in [0.15, 0.2) is 16.7 Å². The number of sulfonamides is 1. The molecule has 1 N–H and O–H groups in total. The number of thioether (sulfide) groups is 1. The Kier molecular flexibility index (Phi) is 4.60. The van der Waals surface area contributed by atoms with Gasteiger partial charge in [-0.25, -0.2) is 0 Å². The van der Waals surface area contributed by atoms with Crippen LogP contribution in [0.5, 0.6) is 11.5 Å². The van der Waals surface area contributed by atoms with E-state index in [9.17, 15) is 13.2 Å². The van der Waals surface area contributed by atoms with Gasteiger partial charge in [0.1, 0.15) is 10.0 Å². The second kappa shape index (κ2) is 6.83. The topological polar surface area (TPSA) is 112 Å². The number of fused-ring (bicyclic) bond motifs is 1. The van der Waals surface area contributed by atoms with Gasteiger partial charge in [0.05, 0.1) is 10.6 Å². The lowest BCUT2D eigenvalue weighted by Crippen LogP contribution is -2.21. The molecule has 12 heteroatoms. The quantitative estimate of drug-likeness (QED) is 0.727. The Labute approximate surface area is 169 Å². The van der Waals surface area contributed by atoms with Crippen molar-refractivity contribution >= 4 is 50.5 Å². The van der Waals surface area contributed by atoms with Crippen LogP contribution in [0.25, 0.3) is 6.08 Å². The zero-order valence-corrected chi connectivity index (χ0v) is 17.0. The summed E-state index contributed by atoms with van der Waals surface area (Å²) in [6.07, 6.45) is 1.61. The van der Waals surface area contributed by atoms with Crippen molar-refractivity contribution in [1.29, 1.82) is 0 Å². The average molecular weight is 441 g/mol. The monoisotopic (exact) mass is 440 g/mol. The van der Waals surface area contributed by atoms with Crippen molar-refractivity contribution in [1.82, 2.24) is 15.1 Å². The second-order valence-electron chi connectivity index (χ2n) is 5.88. The summed E-state index contributed by atoms with van der Waals surface area (Å²) in [5.74, 6) is 0.754. The molecule has 1 amide bonds. The van der Waals surface area contributed by atoms with E-state index in [1.807, 2.05) is 0 Å². The summed E-state index contributed by atoms with van der Waals surface area (Å²) in [7, 11) is -2.61. The molecule has 1 fully saturated rings. The number of amides is 1. The summed E-state index contributed by atoms with van der Waals surface area (Å²) in [5.41, 5.74) is 0.930. The molecular formula is C16H13ClN4O5S2. The predicted molar refractivity (Wildman–Crippen MR) is 104 cm³/mol. The van der Waals surface area contributed by atoms with Gasteiger partial charge in [-0.05, 0) is 42.5 Å². The summed E-state index contributed by atoms with van der Waals surface area (Å²) in [4.78, 5) is 12.3. The Morgan fingerprint density at radius 2 is 2.11 bits per heavy atom. The van der Waals surface area contributed by atoms with Gasteiger partial charge in [-0.3, -0.25) is 14.8 Å². The van der Waals surface area contributed by atoms with E-state index in [1.54, 1.807) is 24.3 Å². The van der Waals surface area contributed by atoms with E-state index in [0.29, 0.717) is 22.0 Å². The van der Waals surface area contributed by atoms with E-state index in [4.69, 9.17) is 21.1 Å². The number of rotatable bonds is 3. The number of hydrogen-bond acceptors (Lipinski definition) is 7. The highest BCUT2D eigenvalue weighted by atomic mass is 35.5. The lowest BCUT2D eigenvalue weighted by atomic mass is 10.2. The van der Waals surface area contributed by atoms with Gasteiger partial charge in [-0.1, -0.05) is 17.7 Å². The third kappa shape index (κ3) is 3.36. The number of amidine groups is 1. The molecule has 0 aliphatic carbocycles. The summed E-state index contributed by atoms with van der Waals surface area (Å²) >= 11 is 6.94. The molecule has 0 spiro atoms. The first-order valence-electron chi connectivity index (χ1n) is 7.89.